The van der Waals surface area contributed by atoms with Crippen molar-refractivity contribution in [2.24, 2.45) is 0 Å². The molecule has 0 atom stereocenters. The Labute approximate surface area is 155 Å². The van der Waals surface area contributed by atoms with E-state index in [2.05, 4.69) is 11.1 Å². The van der Waals surface area contributed by atoms with Crippen LogP contribution in [0.3, 0.4) is 0 Å². The second kappa shape index (κ2) is 6.09. The summed E-state index contributed by atoms with van der Waals surface area (Å²) in [6, 6.07) is 12.3. The molecule has 1 aliphatic rings. The largest absolute Gasteiger partial charge is 0.329 e. The minimum atomic E-state index is -0.0145. The highest BCUT2D eigenvalue weighted by atomic mass is 16.1. The lowest BCUT2D eigenvalue weighted by atomic mass is 10.3. The molecule has 3 aromatic heterocycles. The fourth-order valence-corrected chi connectivity index (χ4v) is 3.76. The molecular formula is C20H18N6O. The lowest BCUT2D eigenvalue weighted by molar-refractivity contribution is 0.619. The highest BCUT2D eigenvalue weighted by molar-refractivity contribution is 5.77. The summed E-state index contributed by atoms with van der Waals surface area (Å²) in [5.41, 5.74) is 3.60. The van der Waals surface area contributed by atoms with Crippen LogP contribution in [-0.2, 0) is 13.1 Å². The van der Waals surface area contributed by atoms with Gasteiger partial charge in [0.1, 0.15) is 5.82 Å². The van der Waals surface area contributed by atoms with Crippen LogP contribution in [0.15, 0.2) is 47.5 Å². The van der Waals surface area contributed by atoms with Crippen molar-refractivity contribution in [3.63, 3.8) is 0 Å². The monoisotopic (exact) mass is 358 g/mol. The summed E-state index contributed by atoms with van der Waals surface area (Å²) < 4.78 is 5.69. The van der Waals surface area contributed by atoms with Gasteiger partial charge < -0.3 is 4.57 Å². The Morgan fingerprint density at radius 1 is 1.11 bits per heavy atom. The molecule has 7 heteroatoms. The Bertz CT molecular complexity index is 1250. The summed E-state index contributed by atoms with van der Waals surface area (Å²) in [6.45, 7) is 0.918. The minimum absolute atomic E-state index is 0.0145. The van der Waals surface area contributed by atoms with E-state index in [0.717, 1.165) is 40.7 Å². The molecule has 0 radical (unpaired) electrons. The molecule has 0 aliphatic heterocycles. The minimum Gasteiger partial charge on any atom is -0.325 e. The van der Waals surface area contributed by atoms with Crippen LogP contribution in [0.2, 0.25) is 0 Å². The summed E-state index contributed by atoms with van der Waals surface area (Å²) in [4.78, 5) is 22.1. The number of nitriles is 1. The average Bonchev–Trinajstić information content (AvgIpc) is 3.41. The molecule has 0 bridgehead atoms. The molecule has 0 unspecified atom stereocenters. The van der Waals surface area contributed by atoms with E-state index in [1.54, 1.807) is 17.0 Å². The number of aromatic nitrogens is 5. The maximum absolute atomic E-state index is 13.1. The lowest BCUT2D eigenvalue weighted by Crippen LogP contribution is -2.25. The van der Waals surface area contributed by atoms with Gasteiger partial charge in [-0.3, -0.25) is 14.1 Å². The maximum atomic E-state index is 13.1. The second-order valence-corrected chi connectivity index (χ2v) is 6.91. The van der Waals surface area contributed by atoms with E-state index in [-0.39, 0.29) is 5.69 Å². The van der Waals surface area contributed by atoms with Crippen molar-refractivity contribution < 1.29 is 0 Å². The molecule has 3 heterocycles. The Morgan fingerprint density at radius 3 is 2.78 bits per heavy atom. The van der Waals surface area contributed by atoms with Gasteiger partial charge in [-0.05, 0) is 31.0 Å². The van der Waals surface area contributed by atoms with Crippen LogP contribution in [0, 0.1) is 11.3 Å². The van der Waals surface area contributed by atoms with Gasteiger partial charge >= 0.3 is 5.69 Å². The van der Waals surface area contributed by atoms with E-state index in [1.807, 2.05) is 39.5 Å². The van der Waals surface area contributed by atoms with Gasteiger partial charge in [0.15, 0.2) is 0 Å². The number of fused-ring (bicyclic) bond motifs is 2. The first-order valence-corrected chi connectivity index (χ1v) is 9.14. The van der Waals surface area contributed by atoms with Gasteiger partial charge in [0.25, 0.3) is 0 Å². The number of imidazole rings is 2. The molecule has 134 valence electrons. The normalized spacial score (nSPS) is 14.0. The van der Waals surface area contributed by atoms with Crippen LogP contribution in [0.4, 0.5) is 0 Å². The predicted octanol–water partition coefficient (Wildman–Crippen LogP) is 2.84. The van der Waals surface area contributed by atoms with Gasteiger partial charge in [0.05, 0.1) is 47.3 Å². The van der Waals surface area contributed by atoms with E-state index in [0.29, 0.717) is 25.6 Å². The van der Waals surface area contributed by atoms with Gasteiger partial charge in [-0.1, -0.05) is 12.1 Å². The first kappa shape index (κ1) is 15.8. The summed E-state index contributed by atoms with van der Waals surface area (Å²) >= 11 is 0. The van der Waals surface area contributed by atoms with Crippen molar-refractivity contribution in [3.8, 4) is 6.07 Å². The Kier molecular flexibility index (Phi) is 3.57. The third-order valence-corrected chi connectivity index (χ3v) is 5.16. The van der Waals surface area contributed by atoms with E-state index < -0.39 is 0 Å². The van der Waals surface area contributed by atoms with Gasteiger partial charge in [0, 0.05) is 18.8 Å². The van der Waals surface area contributed by atoms with E-state index in [9.17, 15) is 4.79 Å². The number of pyridine rings is 1. The number of nitrogens with zero attached hydrogens (tertiary/aromatic N) is 6. The highest BCUT2D eigenvalue weighted by Gasteiger charge is 2.29. The Balaban J connectivity index is 1.67. The molecular weight excluding hydrogens is 340 g/mol. The molecule has 1 saturated carbocycles. The highest BCUT2D eigenvalue weighted by Crippen LogP contribution is 2.36. The van der Waals surface area contributed by atoms with Crippen molar-refractivity contribution in [2.45, 2.75) is 38.4 Å². The number of rotatable bonds is 5. The topological polar surface area (TPSA) is 81.4 Å². The number of aryl methyl sites for hydroxylation is 1. The first-order chi connectivity index (χ1) is 13.3. The first-order valence-electron chi connectivity index (χ1n) is 9.14. The van der Waals surface area contributed by atoms with Crippen LogP contribution in [-0.4, -0.2) is 23.7 Å². The molecule has 1 fully saturated rings. The van der Waals surface area contributed by atoms with E-state index >= 15 is 0 Å². The lowest BCUT2D eigenvalue weighted by Gasteiger charge is -2.08. The number of benzene rings is 1. The number of hydrogen-bond donors (Lipinski definition) is 0. The van der Waals surface area contributed by atoms with Gasteiger partial charge in [-0.2, -0.15) is 5.26 Å². The SMILES string of the molecule is N#CCCn1c(Cn2c(=O)n(C3CC3)c3ccncc32)nc2ccccc21. The average molecular weight is 358 g/mol. The zero-order valence-corrected chi connectivity index (χ0v) is 14.7. The summed E-state index contributed by atoms with van der Waals surface area (Å²) in [7, 11) is 0. The predicted molar refractivity (Wildman–Crippen MR) is 101 cm³/mol. The molecule has 0 spiro atoms. The molecule has 0 saturated heterocycles. The molecule has 5 rings (SSSR count). The third-order valence-electron chi connectivity index (χ3n) is 5.16. The Hall–Kier alpha value is -3.40. The van der Waals surface area contributed by atoms with Crippen LogP contribution >= 0.6 is 0 Å². The van der Waals surface area contributed by atoms with Crippen molar-refractivity contribution in [1.29, 1.82) is 5.26 Å². The van der Waals surface area contributed by atoms with Crippen LogP contribution in [0.5, 0.6) is 0 Å². The summed E-state index contributed by atoms with van der Waals surface area (Å²) in [5, 5.41) is 9.02. The summed E-state index contributed by atoms with van der Waals surface area (Å²) in [6.07, 6.45) is 5.96. The third kappa shape index (κ3) is 2.53. The molecule has 0 N–H and O–H groups in total. The summed E-state index contributed by atoms with van der Waals surface area (Å²) in [5.74, 6) is 0.784. The molecule has 1 aromatic carbocycles. The Morgan fingerprint density at radius 2 is 1.96 bits per heavy atom. The van der Waals surface area contributed by atoms with E-state index in [4.69, 9.17) is 10.2 Å². The number of hydrogen-bond acceptors (Lipinski definition) is 4. The van der Waals surface area contributed by atoms with Gasteiger partial charge in [-0.25, -0.2) is 9.78 Å². The van der Waals surface area contributed by atoms with Crippen LogP contribution < -0.4 is 5.69 Å². The van der Waals surface area contributed by atoms with Crippen LogP contribution in [0.25, 0.3) is 22.1 Å². The number of para-hydroxylation sites is 2. The zero-order chi connectivity index (χ0) is 18.4. The maximum Gasteiger partial charge on any atom is 0.329 e. The van der Waals surface area contributed by atoms with Crippen molar-refractivity contribution in [1.82, 2.24) is 23.7 Å². The van der Waals surface area contributed by atoms with Gasteiger partial charge in [0.2, 0.25) is 0 Å². The van der Waals surface area contributed by atoms with Crippen molar-refractivity contribution in [2.75, 3.05) is 0 Å². The van der Waals surface area contributed by atoms with Crippen molar-refractivity contribution >= 4 is 22.1 Å². The fourth-order valence-electron chi connectivity index (χ4n) is 3.76. The molecule has 4 aromatic rings. The van der Waals surface area contributed by atoms with Crippen LogP contribution in [0.1, 0.15) is 31.1 Å². The molecule has 27 heavy (non-hydrogen) atoms. The van der Waals surface area contributed by atoms with E-state index in [1.165, 1.54) is 0 Å². The molecule has 7 nitrogen and oxygen atoms in total. The standard InChI is InChI=1S/C20H18N6O/c21-9-3-11-24-16-5-2-1-4-15(16)23-19(24)13-25-18-12-22-10-8-17(18)26(20(25)27)14-6-7-14/h1-2,4-5,8,10,12,14H,3,6-7,11,13H2. The second-order valence-electron chi connectivity index (χ2n) is 6.91. The van der Waals surface area contributed by atoms with Gasteiger partial charge in [-0.15, -0.1) is 0 Å². The smallest absolute Gasteiger partial charge is 0.325 e. The molecule has 1 aliphatic carbocycles. The zero-order valence-electron chi connectivity index (χ0n) is 14.7. The van der Waals surface area contributed by atoms with Crippen molar-refractivity contribution in [3.05, 3.63) is 59.0 Å². The fraction of sp³-hybridized carbons (Fsp3) is 0.300. The molecule has 0 amide bonds. The quantitative estimate of drug-likeness (QED) is 0.549.